The molecule has 0 saturated heterocycles. The van der Waals surface area contributed by atoms with Crippen LogP contribution in [0.15, 0.2) is 57.4 Å². The van der Waals surface area contributed by atoms with Crippen molar-refractivity contribution in [3.63, 3.8) is 0 Å². The number of anilines is 2. The number of hydrogen-bond acceptors (Lipinski definition) is 9. The maximum atomic E-state index is 5.36. The molecule has 142 valence electrons. The Kier molecular flexibility index (Phi) is 5.54. The van der Waals surface area contributed by atoms with Gasteiger partial charge < -0.3 is 14.6 Å². The molecule has 9 heteroatoms. The second kappa shape index (κ2) is 8.41. The van der Waals surface area contributed by atoms with E-state index >= 15 is 0 Å². The second-order valence-corrected chi connectivity index (χ2v) is 8.07. The molecule has 0 aliphatic rings. The first-order valence-corrected chi connectivity index (χ1v) is 10.3. The third-order valence-corrected chi connectivity index (χ3v) is 5.78. The van der Waals surface area contributed by atoms with Gasteiger partial charge in [-0.15, -0.1) is 10.2 Å². The Bertz CT molecular complexity index is 1080. The SMILES string of the molecule is COc1ccccc1Nc1nnc(SCc2nc(-c3cccc(C)c3)no2)s1. The fourth-order valence-corrected chi connectivity index (χ4v) is 4.12. The van der Waals surface area contributed by atoms with Gasteiger partial charge in [0, 0.05) is 5.56 Å². The Labute approximate surface area is 170 Å². The first-order valence-electron chi connectivity index (χ1n) is 8.47. The monoisotopic (exact) mass is 411 g/mol. The number of methoxy groups -OCH3 is 1. The molecule has 28 heavy (non-hydrogen) atoms. The van der Waals surface area contributed by atoms with Crippen molar-refractivity contribution < 1.29 is 9.26 Å². The summed E-state index contributed by atoms with van der Waals surface area (Å²) in [6, 6.07) is 15.7. The van der Waals surface area contributed by atoms with Crippen LogP contribution in [0.4, 0.5) is 10.8 Å². The van der Waals surface area contributed by atoms with Gasteiger partial charge in [0.05, 0.1) is 18.6 Å². The van der Waals surface area contributed by atoms with E-state index in [1.807, 2.05) is 55.5 Å². The molecular formula is C19H17N5O2S2. The van der Waals surface area contributed by atoms with Crippen LogP contribution in [-0.2, 0) is 5.75 Å². The summed E-state index contributed by atoms with van der Waals surface area (Å²) >= 11 is 2.96. The first kappa shape index (κ1) is 18.5. The molecule has 0 saturated carbocycles. The highest BCUT2D eigenvalue weighted by molar-refractivity contribution is 8.00. The summed E-state index contributed by atoms with van der Waals surface area (Å²) in [4.78, 5) is 4.46. The van der Waals surface area contributed by atoms with Crippen LogP contribution in [0.5, 0.6) is 5.75 Å². The molecular weight excluding hydrogens is 394 g/mol. The van der Waals surface area contributed by atoms with Crippen LogP contribution in [0.2, 0.25) is 0 Å². The lowest BCUT2D eigenvalue weighted by molar-refractivity contribution is 0.391. The molecule has 0 aliphatic carbocycles. The number of rotatable bonds is 7. The highest BCUT2D eigenvalue weighted by Gasteiger charge is 2.12. The van der Waals surface area contributed by atoms with E-state index in [-0.39, 0.29) is 0 Å². The minimum absolute atomic E-state index is 0.530. The van der Waals surface area contributed by atoms with Crippen molar-refractivity contribution in [2.24, 2.45) is 0 Å². The lowest BCUT2D eigenvalue weighted by Crippen LogP contribution is -1.93. The molecule has 2 aromatic heterocycles. The van der Waals surface area contributed by atoms with Crippen LogP contribution in [0, 0.1) is 6.92 Å². The number of nitrogens with zero attached hydrogens (tertiary/aromatic N) is 4. The van der Waals surface area contributed by atoms with Crippen molar-refractivity contribution in [2.75, 3.05) is 12.4 Å². The number of ether oxygens (including phenoxy) is 1. The maximum absolute atomic E-state index is 5.36. The molecule has 0 bridgehead atoms. The van der Waals surface area contributed by atoms with Crippen molar-refractivity contribution in [2.45, 2.75) is 17.0 Å². The molecule has 0 atom stereocenters. The third-order valence-electron chi connectivity index (χ3n) is 3.82. The number of benzene rings is 2. The number of aryl methyl sites for hydroxylation is 1. The second-order valence-electron chi connectivity index (χ2n) is 5.87. The molecule has 4 aromatic rings. The van der Waals surface area contributed by atoms with Gasteiger partial charge in [0.15, 0.2) is 4.34 Å². The zero-order chi connectivity index (χ0) is 19.3. The Morgan fingerprint density at radius 2 is 2.04 bits per heavy atom. The van der Waals surface area contributed by atoms with Crippen LogP contribution in [0.1, 0.15) is 11.5 Å². The average Bonchev–Trinajstić information content (AvgIpc) is 3.36. The number of hydrogen-bond donors (Lipinski definition) is 1. The van der Waals surface area contributed by atoms with Crippen LogP contribution in [0.3, 0.4) is 0 Å². The first-order chi connectivity index (χ1) is 13.7. The van der Waals surface area contributed by atoms with Crippen LogP contribution in [0.25, 0.3) is 11.4 Å². The molecule has 0 aliphatic heterocycles. The van der Waals surface area contributed by atoms with Crippen molar-refractivity contribution in [1.82, 2.24) is 20.3 Å². The minimum atomic E-state index is 0.530. The number of nitrogens with one attached hydrogen (secondary N) is 1. The number of para-hydroxylation sites is 2. The zero-order valence-corrected chi connectivity index (χ0v) is 16.9. The third kappa shape index (κ3) is 4.32. The molecule has 0 fully saturated rings. The van der Waals surface area contributed by atoms with Gasteiger partial charge in [0.25, 0.3) is 0 Å². The predicted octanol–water partition coefficient (Wildman–Crippen LogP) is 4.94. The van der Waals surface area contributed by atoms with E-state index in [0.717, 1.165) is 26.9 Å². The van der Waals surface area contributed by atoms with Crippen LogP contribution >= 0.6 is 23.1 Å². The quantitative estimate of drug-likeness (QED) is 0.428. The molecule has 0 amide bonds. The molecule has 7 nitrogen and oxygen atoms in total. The van der Waals surface area contributed by atoms with Gasteiger partial charge in [-0.1, -0.05) is 64.2 Å². The van der Waals surface area contributed by atoms with Gasteiger partial charge in [-0.05, 0) is 25.1 Å². The smallest absolute Gasteiger partial charge is 0.237 e. The van der Waals surface area contributed by atoms with E-state index in [1.165, 1.54) is 23.1 Å². The topological polar surface area (TPSA) is 86.0 Å². The number of aromatic nitrogens is 4. The highest BCUT2D eigenvalue weighted by Crippen LogP contribution is 2.32. The summed E-state index contributed by atoms with van der Waals surface area (Å²) in [6.45, 7) is 2.03. The number of thioether (sulfide) groups is 1. The Morgan fingerprint density at radius 1 is 1.14 bits per heavy atom. The van der Waals surface area contributed by atoms with E-state index in [4.69, 9.17) is 9.26 Å². The minimum Gasteiger partial charge on any atom is -0.495 e. The van der Waals surface area contributed by atoms with E-state index in [1.54, 1.807) is 7.11 Å². The summed E-state index contributed by atoms with van der Waals surface area (Å²) in [6.07, 6.45) is 0. The van der Waals surface area contributed by atoms with E-state index in [2.05, 4.69) is 25.7 Å². The zero-order valence-electron chi connectivity index (χ0n) is 15.2. The van der Waals surface area contributed by atoms with Crippen LogP contribution < -0.4 is 10.1 Å². The van der Waals surface area contributed by atoms with Gasteiger partial charge in [-0.3, -0.25) is 0 Å². The molecule has 0 unspecified atom stereocenters. The van der Waals surface area contributed by atoms with Crippen molar-refractivity contribution in [3.05, 3.63) is 60.0 Å². The summed E-state index contributed by atoms with van der Waals surface area (Å²) in [5, 5.41) is 16.4. The highest BCUT2D eigenvalue weighted by atomic mass is 32.2. The van der Waals surface area contributed by atoms with Crippen LogP contribution in [-0.4, -0.2) is 27.4 Å². The maximum Gasteiger partial charge on any atom is 0.237 e. The molecule has 2 heterocycles. The fourth-order valence-electron chi connectivity index (χ4n) is 2.52. The largest absolute Gasteiger partial charge is 0.495 e. The Balaban J connectivity index is 1.39. The molecule has 1 N–H and O–H groups in total. The molecule has 0 spiro atoms. The lowest BCUT2D eigenvalue weighted by Gasteiger charge is -2.07. The average molecular weight is 412 g/mol. The molecule has 2 aromatic carbocycles. The van der Waals surface area contributed by atoms with Gasteiger partial charge in [0.2, 0.25) is 16.8 Å². The van der Waals surface area contributed by atoms with Crippen molar-refractivity contribution in [3.8, 4) is 17.1 Å². The summed E-state index contributed by atoms with van der Waals surface area (Å²) in [7, 11) is 1.64. The molecule has 0 radical (unpaired) electrons. The fraction of sp³-hybridized carbons (Fsp3) is 0.158. The summed E-state index contributed by atoms with van der Waals surface area (Å²) in [5.41, 5.74) is 2.94. The van der Waals surface area contributed by atoms with Crippen molar-refractivity contribution in [1.29, 1.82) is 0 Å². The van der Waals surface area contributed by atoms with E-state index < -0.39 is 0 Å². The standard InChI is InChI=1S/C19H17N5O2S2/c1-12-6-5-7-13(10-12)17-21-16(26-24-17)11-27-19-23-22-18(28-19)20-14-8-3-4-9-15(14)25-2/h3-10H,11H2,1-2H3,(H,20,22). The van der Waals surface area contributed by atoms with Gasteiger partial charge in [-0.2, -0.15) is 4.98 Å². The van der Waals surface area contributed by atoms with E-state index in [9.17, 15) is 0 Å². The predicted molar refractivity (Wildman–Crippen MR) is 110 cm³/mol. The van der Waals surface area contributed by atoms with Gasteiger partial charge in [-0.25, -0.2) is 0 Å². The van der Waals surface area contributed by atoms with Crippen molar-refractivity contribution >= 4 is 33.9 Å². The molecule has 4 rings (SSSR count). The van der Waals surface area contributed by atoms with Gasteiger partial charge in [0.1, 0.15) is 5.75 Å². The lowest BCUT2D eigenvalue weighted by atomic mass is 10.1. The Hall–Kier alpha value is -2.91. The Morgan fingerprint density at radius 3 is 2.89 bits per heavy atom. The van der Waals surface area contributed by atoms with Gasteiger partial charge >= 0.3 is 0 Å². The summed E-state index contributed by atoms with van der Waals surface area (Å²) in [5.74, 6) is 2.43. The van der Waals surface area contributed by atoms with E-state index in [0.29, 0.717) is 22.6 Å². The normalized spacial score (nSPS) is 10.8. The summed E-state index contributed by atoms with van der Waals surface area (Å²) < 4.78 is 11.5.